The molecule has 0 aliphatic heterocycles. The van der Waals surface area contributed by atoms with E-state index in [4.69, 9.17) is 15.3 Å². The Bertz CT molecular complexity index is 242. The van der Waals surface area contributed by atoms with E-state index in [0.717, 1.165) is 4.90 Å². The minimum Gasteiger partial charge on any atom is -0.392 e. The molecular weight excluding hydrogens is 248 g/mol. The number of aliphatic hydroxyl groups excluding tert-OH is 3. The van der Waals surface area contributed by atoms with Gasteiger partial charge in [-0.3, -0.25) is 9.69 Å². The molecule has 0 aliphatic carbocycles. The third-order valence-electron chi connectivity index (χ3n) is 1.86. The molecular formula is C10H21ClN2O4. The first kappa shape index (κ1) is 18.5. The van der Waals surface area contributed by atoms with Gasteiger partial charge in [-0.25, -0.2) is 0 Å². The molecule has 6 nitrogen and oxygen atoms in total. The second-order valence-corrected chi connectivity index (χ2v) is 3.70. The Balaban J connectivity index is 0. The average Bonchev–Trinajstić information content (AvgIpc) is 2.25. The fourth-order valence-electron chi connectivity index (χ4n) is 0.984. The van der Waals surface area contributed by atoms with Crippen LogP contribution in [0.15, 0.2) is 11.8 Å². The monoisotopic (exact) mass is 268 g/mol. The third kappa shape index (κ3) is 7.17. The van der Waals surface area contributed by atoms with Crippen LogP contribution in [0.5, 0.6) is 0 Å². The number of aliphatic hydroxyl groups is 3. The minimum atomic E-state index is -0.568. The van der Waals surface area contributed by atoms with Crippen molar-refractivity contribution in [2.45, 2.75) is 13.8 Å². The van der Waals surface area contributed by atoms with E-state index in [9.17, 15) is 4.79 Å². The van der Waals surface area contributed by atoms with Gasteiger partial charge in [-0.2, -0.15) is 0 Å². The molecule has 0 bridgehead atoms. The Morgan fingerprint density at radius 2 is 1.82 bits per heavy atom. The van der Waals surface area contributed by atoms with Crippen LogP contribution in [0.1, 0.15) is 13.8 Å². The lowest BCUT2D eigenvalue weighted by Gasteiger charge is -2.20. The molecule has 17 heavy (non-hydrogen) atoms. The fourth-order valence-corrected chi connectivity index (χ4v) is 0.984. The lowest BCUT2D eigenvalue weighted by atomic mass is 10.2. The highest BCUT2D eigenvalue weighted by atomic mass is 35.5. The largest absolute Gasteiger partial charge is 0.392 e. The van der Waals surface area contributed by atoms with E-state index in [1.165, 1.54) is 6.08 Å². The van der Waals surface area contributed by atoms with E-state index in [2.05, 4.69) is 5.32 Å². The van der Waals surface area contributed by atoms with Gasteiger partial charge in [0, 0.05) is 6.54 Å². The zero-order valence-electron chi connectivity index (χ0n) is 10.1. The van der Waals surface area contributed by atoms with Crippen LogP contribution < -0.4 is 5.32 Å². The number of rotatable bonds is 7. The molecule has 0 saturated heterocycles. The summed E-state index contributed by atoms with van der Waals surface area (Å²) in [6.45, 7) is 3.11. The van der Waals surface area contributed by atoms with Gasteiger partial charge in [-0.05, 0) is 12.0 Å². The number of carbonyl (C=O) groups excluding carboxylic acids is 1. The molecule has 0 aromatic rings. The van der Waals surface area contributed by atoms with Crippen LogP contribution in [0, 0.1) is 5.92 Å². The molecule has 0 aromatic carbocycles. The van der Waals surface area contributed by atoms with Crippen molar-refractivity contribution in [3.05, 3.63) is 11.8 Å². The van der Waals surface area contributed by atoms with E-state index in [1.54, 1.807) is 0 Å². The molecule has 102 valence electrons. The Morgan fingerprint density at radius 1 is 1.29 bits per heavy atom. The first-order valence-electron chi connectivity index (χ1n) is 5.12. The van der Waals surface area contributed by atoms with Crippen molar-refractivity contribution in [1.82, 2.24) is 10.2 Å². The molecule has 0 saturated carbocycles. The maximum absolute atomic E-state index is 11.7. The zero-order chi connectivity index (χ0) is 12.6. The predicted octanol–water partition coefficient (Wildman–Crippen LogP) is -0.742. The quantitative estimate of drug-likeness (QED) is 0.360. The third-order valence-corrected chi connectivity index (χ3v) is 1.86. The fraction of sp³-hybridized carbons (Fsp3) is 0.700. The maximum atomic E-state index is 11.7. The van der Waals surface area contributed by atoms with E-state index >= 15 is 0 Å². The molecule has 0 fully saturated rings. The van der Waals surface area contributed by atoms with Gasteiger partial charge in [0.1, 0.15) is 13.5 Å². The van der Waals surface area contributed by atoms with Crippen LogP contribution in [0.25, 0.3) is 0 Å². The second-order valence-electron chi connectivity index (χ2n) is 3.70. The highest BCUT2D eigenvalue weighted by Crippen LogP contribution is 1.99. The Kier molecular flexibility index (Phi) is 11.3. The smallest absolute Gasteiger partial charge is 0.273 e. The standard InChI is InChI=1S/C10H20N2O4.ClH/c1-8(2)5-11-9(3-4-13)10(16)12(6-14)7-15;/h3,8,11,13-15H,4-7H2,1-2H3;1H. The maximum Gasteiger partial charge on any atom is 0.273 e. The number of carbonyl (C=O) groups is 1. The van der Waals surface area contributed by atoms with E-state index in [0.29, 0.717) is 12.5 Å². The Hall–Kier alpha value is -0.820. The summed E-state index contributed by atoms with van der Waals surface area (Å²) in [5.41, 5.74) is 0.180. The van der Waals surface area contributed by atoms with Gasteiger partial charge < -0.3 is 20.6 Å². The van der Waals surface area contributed by atoms with Crippen molar-refractivity contribution in [2.24, 2.45) is 5.92 Å². The van der Waals surface area contributed by atoms with Gasteiger partial charge in [0.05, 0.1) is 12.3 Å². The molecule has 0 aliphatic rings. The molecule has 4 N–H and O–H groups in total. The van der Waals surface area contributed by atoms with Crippen LogP contribution in [0.3, 0.4) is 0 Å². The Morgan fingerprint density at radius 3 is 2.18 bits per heavy atom. The summed E-state index contributed by atoms with van der Waals surface area (Å²) in [5.74, 6) is -0.203. The van der Waals surface area contributed by atoms with Crippen molar-refractivity contribution in [3.8, 4) is 0 Å². The van der Waals surface area contributed by atoms with Gasteiger partial charge in [-0.15, -0.1) is 12.4 Å². The highest BCUT2D eigenvalue weighted by molar-refractivity contribution is 5.92. The summed E-state index contributed by atoms with van der Waals surface area (Å²) in [6, 6.07) is 0. The molecule has 0 unspecified atom stereocenters. The predicted molar refractivity (Wildman–Crippen MR) is 66.3 cm³/mol. The van der Waals surface area contributed by atoms with Crippen molar-refractivity contribution in [2.75, 3.05) is 26.6 Å². The van der Waals surface area contributed by atoms with Crippen molar-refractivity contribution >= 4 is 18.3 Å². The second kappa shape index (κ2) is 10.3. The highest BCUT2D eigenvalue weighted by Gasteiger charge is 2.16. The van der Waals surface area contributed by atoms with E-state index in [-0.39, 0.29) is 24.7 Å². The van der Waals surface area contributed by atoms with Gasteiger partial charge in [0.25, 0.3) is 5.91 Å². The number of halogens is 1. The van der Waals surface area contributed by atoms with Gasteiger partial charge in [-0.1, -0.05) is 13.8 Å². The normalized spacial score (nSPS) is 11.1. The molecule has 0 aromatic heterocycles. The summed E-state index contributed by atoms with van der Waals surface area (Å²) < 4.78 is 0. The SMILES string of the molecule is CC(C)CNC(=CCO)C(=O)N(CO)CO.Cl. The molecule has 0 radical (unpaired) electrons. The lowest BCUT2D eigenvalue weighted by molar-refractivity contribution is -0.135. The summed E-state index contributed by atoms with van der Waals surface area (Å²) in [7, 11) is 0. The van der Waals surface area contributed by atoms with Crippen LogP contribution >= 0.6 is 12.4 Å². The van der Waals surface area contributed by atoms with Crippen LogP contribution in [-0.2, 0) is 4.79 Å². The van der Waals surface area contributed by atoms with Gasteiger partial charge in [0.15, 0.2) is 0 Å². The number of nitrogens with zero attached hydrogens (tertiary/aromatic N) is 1. The molecule has 0 spiro atoms. The summed E-state index contributed by atoms with van der Waals surface area (Å²) in [6.07, 6.45) is 1.31. The topological polar surface area (TPSA) is 93.0 Å². The number of amides is 1. The van der Waals surface area contributed by atoms with Crippen LogP contribution in [0.4, 0.5) is 0 Å². The van der Waals surface area contributed by atoms with E-state index in [1.807, 2.05) is 13.8 Å². The molecule has 0 heterocycles. The van der Waals surface area contributed by atoms with Crippen molar-refractivity contribution in [1.29, 1.82) is 0 Å². The van der Waals surface area contributed by atoms with Crippen LogP contribution in [0.2, 0.25) is 0 Å². The zero-order valence-corrected chi connectivity index (χ0v) is 10.9. The minimum absolute atomic E-state index is 0. The summed E-state index contributed by atoms with van der Waals surface area (Å²) in [5, 5.41) is 29.3. The molecule has 1 amide bonds. The molecule has 7 heteroatoms. The van der Waals surface area contributed by atoms with Gasteiger partial charge >= 0.3 is 0 Å². The van der Waals surface area contributed by atoms with Crippen LogP contribution in [-0.4, -0.2) is 52.7 Å². The van der Waals surface area contributed by atoms with E-state index < -0.39 is 19.4 Å². The lowest BCUT2D eigenvalue weighted by Crippen LogP contribution is -2.38. The number of hydrogen-bond acceptors (Lipinski definition) is 5. The number of hydrogen-bond donors (Lipinski definition) is 4. The van der Waals surface area contributed by atoms with Crippen molar-refractivity contribution in [3.63, 3.8) is 0 Å². The average molecular weight is 269 g/mol. The first-order valence-corrected chi connectivity index (χ1v) is 5.12. The summed E-state index contributed by atoms with van der Waals surface area (Å²) in [4.78, 5) is 12.5. The number of nitrogens with one attached hydrogen (secondary N) is 1. The molecule has 0 atom stereocenters. The van der Waals surface area contributed by atoms with Crippen molar-refractivity contribution < 1.29 is 20.1 Å². The Labute approximate surface area is 107 Å². The first-order chi connectivity index (χ1) is 7.56. The van der Waals surface area contributed by atoms with Gasteiger partial charge in [0.2, 0.25) is 0 Å². The summed E-state index contributed by atoms with van der Waals surface area (Å²) >= 11 is 0. The molecule has 0 rings (SSSR count).